The third-order valence-corrected chi connectivity index (χ3v) is 5.36. The Morgan fingerprint density at radius 3 is 1.76 bits per heavy atom. The van der Waals surface area contributed by atoms with Crippen LogP contribution in [0.4, 0.5) is 24.5 Å². The molecule has 1 saturated heterocycles. The molecule has 4 atom stereocenters. The van der Waals surface area contributed by atoms with Crippen LogP contribution in [0, 0.1) is 20.2 Å². The molecule has 1 heterocycles. The maximum absolute atomic E-state index is 12.9. The highest BCUT2D eigenvalue weighted by Gasteiger charge is 2.46. The molecule has 1 fully saturated rings. The highest BCUT2D eigenvalue weighted by molar-refractivity contribution is 5.90. The molecule has 0 aliphatic carbocycles. The molecule has 0 spiro atoms. The number of carbonyl (C=O) groups is 3. The molecule has 2 aromatic rings. The van der Waals surface area contributed by atoms with Crippen molar-refractivity contribution in [3.63, 3.8) is 0 Å². The molecule has 1 N–H and O–H groups in total. The van der Waals surface area contributed by atoms with Gasteiger partial charge < -0.3 is 19.5 Å². The van der Waals surface area contributed by atoms with E-state index in [2.05, 4.69) is 0 Å². The fourth-order valence-corrected chi connectivity index (χ4v) is 3.50. The Kier molecular flexibility index (Phi) is 8.25. The van der Waals surface area contributed by atoms with Gasteiger partial charge in [0.1, 0.15) is 6.10 Å². The van der Waals surface area contributed by atoms with Crippen molar-refractivity contribution in [2.24, 2.45) is 0 Å². The number of hydrogen-bond donors (Lipinski definition) is 1. The zero-order valence-electron chi connectivity index (χ0n) is 19.2. The van der Waals surface area contributed by atoms with Crippen LogP contribution in [0.3, 0.4) is 0 Å². The van der Waals surface area contributed by atoms with Crippen LogP contribution in [0.2, 0.25) is 0 Å². The number of nitro groups is 2. The number of amides is 1. The van der Waals surface area contributed by atoms with Gasteiger partial charge in [-0.1, -0.05) is 0 Å². The molecule has 3 rings (SSSR count). The van der Waals surface area contributed by atoms with Crippen LogP contribution in [-0.2, 0) is 19.0 Å². The van der Waals surface area contributed by atoms with Gasteiger partial charge in [-0.25, -0.2) is 9.59 Å². The fraction of sp³-hybridized carbons (Fsp3) is 0.318. The Bertz CT molecular complexity index is 1230. The Morgan fingerprint density at radius 1 is 0.895 bits per heavy atom. The van der Waals surface area contributed by atoms with Gasteiger partial charge in [0.2, 0.25) is 6.29 Å². The lowest BCUT2D eigenvalue weighted by Crippen LogP contribution is -2.58. The van der Waals surface area contributed by atoms with E-state index in [4.69, 9.17) is 14.2 Å². The average molecular weight is 541 g/mol. The van der Waals surface area contributed by atoms with Crippen molar-refractivity contribution in [3.8, 4) is 0 Å². The summed E-state index contributed by atoms with van der Waals surface area (Å²) in [6, 6.07) is 6.96. The van der Waals surface area contributed by atoms with Gasteiger partial charge in [-0.05, 0) is 31.2 Å². The SMILES string of the molecule is C[C@H]1O[C@@H](OC(=O)c2ccc([N+](=O)[O-])cc2)C[C@@H](NC(=O)C(F)(F)F)[C@@H]1OC(=O)c1ccc([N+](=O)[O-])cc1. The van der Waals surface area contributed by atoms with Crippen LogP contribution >= 0.6 is 0 Å². The number of non-ortho nitro benzene ring substituents is 2. The lowest BCUT2D eigenvalue weighted by Gasteiger charge is -2.39. The predicted octanol–water partition coefficient (Wildman–Crippen LogP) is 3.07. The molecular formula is C22H18F3N3O10. The zero-order chi connectivity index (χ0) is 28.2. The molecule has 38 heavy (non-hydrogen) atoms. The maximum atomic E-state index is 12.9. The summed E-state index contributed by atoms with van der Waals surface area (Å²) >= 11 is 0. The van der Waals surface area contributed by atoms with E-state index in [0.717, 1.165) is 48.5 Å². The number of nitro benzene ring substituents is 2. The van der Waals surface area contributed by atoms with E-state index in [-0.39, 0.29) is 22.5 Å². The van der Waals surface area contributed by atoms with Crippen LogP contribution in [0.25, 0.3) is 0 Å². The number of hydrogen-bond acceptors (Lipinski definition) is 10. The number of alkyl halides is 3. The Morgan fingerprint density at radius 2 is 1.34 bits per heavy atom. The van der Waals surface area contributed by atoms with Crippen molar-refractivity contribution in [3.05, 3.63) is 79.9 Å². The number of halogens is 3. The van der Waals surface area contributed by atoms with Crippen LogP contribution in [0.5, 0.6) is 0 Å². The van der Waals surface area contributed by atoms with E-state index in [1.54, 1.807) is 5.32 Å². The summed E-state index contributed by atoms with van der Waals surface area (Å²) in [5.41, 5.74) is -0.884. The lowest BCUT2D eigenvalue weighted by molar-refractivity contribution is -0.385. The third-order valence-electron chi connectivity index (χ3n) is 5.36. The van der Waals surface area contributed by atoms with Crippen LogP contribution < -0.4 is 5.32 Å². The predicted molar refractivity (Wildman–Crippen MR) is 118 cm³/mol. The van der Waals surface area contributed by atoms with Crippen molar-refractivity contribution < 1.29 is 51.6 Å². The first-order valence-corrected chi connectivity index (χ1v) is 10.7. The third kappa shape index (κ3) is 6.78. The molecular weight excluding hydrogens is 523 g/mol. The quantitative estimate of drug-likeness (QED) is 0.311. The summed E-state index contributed by atoms with van der Waals surface area (Å²) in [6.07, 6.45) is -9.99. The number of ether oxygens (including phenoxy) is 3. The highest BCUT2D eigenvalue weighted by Crippen LogP contribution is 2.27. The molecule has 2 aromatic carbocycles. The lowest BCUT2D eigenvalue weighted by atomic mass is 9.98. The van der Waals surface area contributed by atoms with Crippen LogP contribution in [-0.4, -0.2) is 58.4 Å². The molecule has 0 aromatic heterocycles. The van der Waals surface area contributed by atoms with Crippen LogP contribution in [0.15, 0.2) is 48.5 Å². The molecule has 1 amide bonds. The topological polar surface area (TPSA) is 177 Å². The van der Waals surface area contributed by atoms with Gasteiger partial charge in [0.15, 0.2) is 0 Å². The standard InChI is InChI=1S/C22H18F3N3O10/c1-11-18(38-20(30)13-4-8-15(9-5-13)28(34)35)16(26-21(31)22(23,24)25)10-17(36-11)37-19(29)12-2-6-14(7-3-12)27(32)33/h2-9,11,16-18H,10H2,1H3,(H,26,31)/t11-,16-,17+,18-/m1/s1. The van der Waals surface area contributed by atoms with E-state index in [1.807, 2.05) is 0 Å². The fourth-order valence-electron chi connectivity index (χ4n) is 3.50. The van der Waals surface area contributed by atoms with Gasteiger partial charge in [-0.2, -0.15) is 13.2 Å². The Labute approximate surface area is 210 Å². The second-order valence-corrected chi connectivity index (χ2v) is 7.97. The summed E-state index contributed by atoms with van der Waals surface area (Å²) in [7, 11) is 0. The minimum Gasteiger partial charge on any atom is -0.454 e. The number of carbonyl (C=O) groups excluding carboxylic acids is 3. The second-order valence-electron chi connectivity index (χ2n) is 7.97. The second kappa shape index (κ2) is 11.2. The normalized spacial score (nSPS) is 21.2. The van der Waals surface area contributed by atoms with Crippen molar-refractivity contribution in [1.29, 1.82) is 0 Å². The van der Waals surface area contributed by atoms with Gasteiger partial charge in [-0.15, -0.1) is 0 Å². The molecule has 1 aliphatic rings. The Balaban J connectivity index is 1.76. The number of nitrogens with one attached hydrogen (secondary N) is 1. The van der Waals surface area contributed by atoms with E-state index >= 15 is 0 Å². The molecule has 16 heteroatoms. The largest absolute Gasteiger partial charge is 0.471 e. The number of benzene rings is 2. The Hall–Kier alpha value is -4.60. The molecule has 1 aliphatic heterocycles. The molecule has 0 bridgehead atoms. The van der Waals surface area contributed by atoms with Gasteiger partial charge in [0, 0.05) is 30.7 Å². The summed E-state index contributed by atoms with van der Waals surface area (Å²) < 4.78 is 54.7. The maximum Gasteiger partial charge on any atom is 0.471 e. The van der Waals surface area contributed by atoms with E-state index in [0.29, 0.717) is 0 Å². The first-order chi connectivity index (χ1) is 17.8. The number of nitrogens with zero attached hydrogens (tertiary/aromatic N) is 2. The smallest absolute Gasteiger partial charge is 0.454 e. The zero-order valence-corrected chi connectivity index (χ0v) is 19.2. The summed E-state index contributed by atoms with van der Waals surface area (Å²) in [6.45, 7) is 1.30. The van der Waals surface area contributed by atoms with E-state index in [1.165, 1.54) is 6.92 Å². The minimum atomic E-state index is -5.28. The summed E-state index contributed by atoms with van der Waals surface area (Å²) in [5, 5.41) is 23.3. The van der Waals surface area contributed by atoms with Gasteiger partial charge in [0.25, 0.3) is 11.4 Å². The van der Waals surface area contributed by atoms with Gasteiger partial charge in [-0.3, -0.25) is 25.0 Å². The molecule has 202 valence electrons. The van der Waals surface area contributed by atoms with Gasteiger partial charge >= 0.3 is 24.0 Å². The van der Waals surface area contributed by atoms with E-state index < -0.39 is 64.8 Å². The number of esters is 2. The molecule has 0 unspecified atom stereocenters. The molecule has 0 saturated carbocycles. The first kappa shape index (κ1) is 28.0. The summed E-state index contributed by atoms with van der Waals surface area (Å²) in [5.74, 6) is -4.42. The molecule has 0 radical (unpaired) electrons. The first-order valence-electron chi connectivity index (χ1n) is 10.7. The summed E-state index contributed by atoms with van der Waals surface area (Å²) in [4.78, 5) is 56.8. The van der Waals surface area contributed by atoms with Crippen molar-refractivity contribution >= 4 is 29.2 Å². The minimum absolute atomic E-state index is 0.116. The number of rotatable bonds is 7. The van der Waals surface area contributed by atoms with Crippen LogP contribution in [0.1, 0.15) is 34.1 Å². The highest BCUT2D eigenvalue weighted by atomic mass is 19.4. The van der Waals surface area contributed by atoms with Crippen molar-refractivity contribution in [2.45, 2.75) is 44.1 Å². The average Bonchev–Trinajstić information content (AvgIpc) is 2.85. The molecule has 13 nitrogen and oxygen atoms in total. The van der Waals surface area contributed by atoms with E-state index in [9.17, 15) is 47.8 Å². The van der Waals surface area contributed by atoms with Crippen molar-refractivity contribution in [2.75, 3.05) is 0 Å². The monoisotopic (exact) mass is 541 g/mol. The van der Waals surface area contributed by atoms with Gasteiger partial charge in [0.05, 0.1) is 33.1 Å². The van der Waals surface area contributed by atoms with Crippen molar-refractivity contribution in [1.82, 2.24) is 5.32 Å².